The summed E-state index contributed by atoms with van der Waals surface area (Å²) in [5.74, 6) is 2.86. The Morgan fingerprint density at radius 1 is 0.382 bits per heavy atom. The average Bonchev–Trinajstić information content (AvgIpc) is 3.63. The van der Waals surface area contributed by atoms with Crippen molar-refractivity contribution in [2.45, 2.75) is 13.0 Å². The molecule has 328 valence electrons. The zero-order valence-corrected chi connectivity index (χ0v) is 37.3. The van der Waals surface area contributed by atoms with E-state index < -0.39 is 6.96 Å². The van der Waals surface area contributed by atoms with Crippen LogP contribution in [0.4, 0.5) is 0 Å². The van der Waals surface area contributed by atoms with Gasteiger partial charge >= 0.3 is 8.38 Å². The van der Waals surface area contributed by atoms with Crippen LogP contribution in [0.15, 0.2) is 242 Å². The second-order valence-electron chi connectivity index (χ2n) is 16.8. The number of para-hydroxylation sites is 1. The van der Waals surface area contributed by atoms with Gasteiger partial charge in [-0.3, -0.25) is 4.99 Å². The number of phenolic OH excluding ortho intramolecular Hbond substituents is 1. The Labute approximate surface area is 396 Å². The van der Waals surface area contributed by atoms with E-state index in [4.69, 9.17) is 23.7 Å². The molecule has 0 radical (unpaired) electrons. The number of phenols is 1. The van der Waals surface area contributed by atoms with Gasteiger partial charge in [-0.05, 0) is 97.5 Å². The van der Waals surface area contributed by atoms with Crippen LogP contribution in [0, 0.1) is 0 Å². The van der Waals surface area contributed by atoms with Crippen LogP contribution in [-0.4, -0.2) is 18.3 Å². The van der Waals surface area contributed by atoms with Crippen LogP contribution in [0.3, 0.4) is 0 Å². The molecular weight excluding hydrogens is 837 g/mol. The SMILES string of the molecule is C[C@H](N=Cc1ccccc1)c1ccccc1.Oc1ccccc1.[H+].c1ccc2c3c(ccc2c1)O[B-]1(Oc2ccc4ccccc4c2-3)Oc2ccc3ccccc3c2-c2c(ccc3ccccc23)O1. The van der Waals surface area contributed by atoms with E-state index in [2.05, 4.69) is 158 Å². The smallest absolute Gasteiger partial charge is 0.611 e. The summed E-state index contributed by atoms with van der Waals surface area (Å²) in [5.41, 5.74) is 6.19. The van der Waals surface area contributed by atoms with Crippen molar-refractivity contribution in [1.82, 2.24) is 0 Å². The molecule has 13 rings (SSSR count). The molecule has 68 heavy (non-hydrogen) atoms. The fourth-order valence-corrected chi connectivity index (χ4v) is 9.18. The maximum absolute atomic E-state index is 8.63. The normalized spacial score (nSPS) is 13.3. The molecule has 1 N–H and O–H groups in total. The van der Waals surface area contributed by atoms with E-state index >= 15 is 0 Å². The second kappa shape index (κ2) is 18.2. The Bertz CT molecular complexity index is 3270. The minimum atomic E-state index is -2.89. The van der Waals surface area contributed by atoms with E-state index in [0.717, 1.165) is 70.9 Å². The molecule has 1 atom stereocenters. The molecule has 0 saturated carbocycles. The average molecular weight is 884 g/mol. The quantitative estimate of drug-likeness (QED) is 0.141. The molecule has 2 aliphatic rings. The second-order valence-corrected chi connectivity index (χ2v) is 16.8. The summed E-state index contributed by atoms with van der Waals surface area (Å²) in [5, 5.41) is 17.3. The number of fused-ring (bicyclic) bond motifs is 14. The Kier molecular flexibility index (Phi) is 11.2. The van der Waals surface area contributed by atoms with Gasteiger partial charge in [-0.1, -0.05) is 200 Å². The van der Waals surface area contributed by atoms with Crippen molar-refractivity contribution in [1.29, 1.82) is 0 Å². The van der Waals surface area contributed by atoms with Crippen molar-refractivity contribution >= 4 is 56.3 Å². The number of rotatable bonds is 3. The van der Waals surface area contributed by atoms with Crippen LogP contribution in [0.2, 0.25) is 0 Å². The number of aromatic hydroxyl groups is 1. The third-order valence-corrected chi connectivity index (χ3v) is 12.4. The third kappa shape index (κ3) is 8.22. The van der Waals surface area contributed by atoms with Crippen molar-refractivity contribution in [3.63, 3.8) is 0 Å². The maximum Gasteiger partial charge on any atom is 1.00 e. The van der Waals surface area contributed by atoms with Crippen LogP contribution >= 0.6 is 0 Å². The summed E-state index contributed by atoms with van der Waals surface area (Å²) in [4.78, 5) is 4.54. The molecule has 0 unspecified atom stereocenters. The Morgan fingerprint density at radius 2 is 0.691 bits per heavy atom. The summed E-state index contributed by atoms with van der Waals surface area (Å²) in [7, 11) is 0. The Morgan fingerprint density at radius 3 is 1.03 bits per heavy atom. The predicted molar refractivity (Wildman–Crippen MR) is 280 cm³/mol. The zero-order chi connectivity index (χ0) is 45.9. The summed E-state index contributed by atoms with van der Waals surface area (Å²) in [6.07, 6.45) is 1.93. The van der Waals surface area contributed by atoms with Crippen molar-refractivity contribution in [2.75, 3.05) is 0 Å². The highest BCUT2D eigenvalue weighted by Gasteiger charge is 2.48. The van der Waals surface area contributed by atoms with Gasteiger partial charge in [-0.2, -0.15) is 0 Å². The highest BCUT2D eigenvalue weighted by molar-refractivity contribution is 6.58. The summed E-state index contributed by atoms with van der Waals surface area (Å²) < 4.78 is 27.8. The van der Waals surface area contributed by atoms with E-state index in [9.17, 15) is 0 Å². The number of aliphatic imine (C=N–C) groups is 1. The van der Waals surface area contributed by atoms with Crippen molar-refractivity contribution < 1.29 is 25.2 Å². The molecule has 2 aliphatic heterocycles. The van der Waals surface area contributed by atoms with E-state index in [-0.39, 0.29) is 7.47 Å². The summed E-state index contributed by atoms with van der Waals surface area (Å²) >= 11 is 0. The van der Waals surface area contributed by atoms with Gasteiger partial charge in [0.05, 0.1) is 29.0 Å². The molecule has 7 heteroatoms. The highest BCUT2D eigenvalue weighted by Crippen LogP contribution is 2.53. The topological polar surface area (TPSA) is 69.5 Å². The molecule has 0 bridgehead atoms. The molecule has 1 spiro atoms. The van der Waals surface area contributed by atoms with Crippen LogP contribution in [-0.2, 0) is 0 Å². The molecule has 0 fully saturated rings. The molecule has 0 aliphatic carbocycles. The lowest BCUT2D eigenvalue weighted by Crippen LogP contribution is -2.60. The Balaban J connectivity index is 0.000000190. The molecule has 0 aromatic heterocycles. The first-order valence-electron chi connectivity index (χ1n) is 22.8. The lowest BCUT2D eigenvalue weighted by molar-refractivity contribution is 0.167. The van der Waals surface area contributed by atoms with Crippen LogP contribution < -0.4 is 18.6 Å². The van der Waals surface area contributed by atoms with E-state index in [1.165, 1.54) is 5.56 Å². The lowest BCUT2D eigenvalue weighted by atomic mass is 9.92. The number of nitrogens with zero attached hydrogens (tertiary/aromatic N) is 1. The molecule has 11 aromatic rings. The van der Waals surface area contributed by atoms with E-state index in [1.54, 1.807) is 24.3 Å². The fourth-order valence-electron chi connectivity index (χ4n) is 9.18. The summed E-state index contributed by atoms with van der Waals surface area (Å²) in [6, 6.07) is 79.2. The lowest BCUT2D eigenvalue weighted by Gasteiger charge is -2.39. The van der Waals surface area contributed by atoms with Crippen LogP contribution in [0.5, 0.6) is 28.7 Å². The van der Waals surface area contributed by atoms with E-state index in [1.807, 2.05) is 72.9 Å². The third-order valence-electron chi connectivity index (χ3n) is 12.4. The van der Waals surface area contributed by atoms with Gasteiger partial charge in [0.1, 0.15) is 5.75 Å². The molecule has 6 nitrogen and oxygen atoms in total. The molecule has 11 aromatic carbocycles. The van der Waals surface area contributed by atoms with Gasteiger partial charge in [0.2, 0.25) is 0 Å². The van der Waals surface area contributed by atoms with Crippen molar-refractivity contribution in [2.24, 2.45) is 4.99 Å². The number of benzene rings is 11. The van der Waals surface area contributed by atoms with Gasteiger partial charge in [-0.25, -0.2) is 0 Å². The maximum atomic E-state index is 8.63. The first-order valence-corrected chi connectivity index (χ1v) is 22.8. The van der Waals surface area contributed by atoms with Crippen LogP contribution in [0.25, 0.3) is 65.3 Å². The van der Waals surface area contributed by atoms with Gasteiger partial charge in [0, 0.05) is 28.5 Å². The number of hydrogen-bond donors (Lipinski definition) is 1. The van der Waals surface area contributed by atoms with Crippen molar-refractivity contribution in [3.8, 4) is 51.0 Å². The first kappa shape index (κ1) is 41.9. The minimum Gasteiger partial charge on any atom is -0.611 e. The molecular formula is C61H46BNO5. The van der Waals surface area contributed by atoms with Crippen molar-refractivity contribution in [3.05, 3.63) is 248 Å². The standard InChI is InChI=1S/C40H24BO4.C15H15N.C6H6O/c1-5-13-29-25(9-1)17-21-33-37(29)38-30-14-6-2-10-26(30)18-22-34(38)43-41(42-33)44-35-23-19-27-11-3-7-15-31(27)39(35)40-32-16-8-4-12-28(32)20-24-36(40)45-41;1-13(15-10-6-3-7-11-15)16-12-14-8-4-2-5-9-14;7-6-4-2-1-3-5-6/h1-24H;2-13H,1H3;1-5,7H/q-1;;/p+1/t;13-;/m.0./s1. The zero-order valence-electron chi connectivity index (χ0n) is 38.3. The highest BCUT2D eigenvalue weighted by atomic mass is 16.9. The van der Waals surface area contributed by atoms with E-state index in [0.29, 0.717) is 28.7 Å². The first-order chi connectivity index (χ1) is 33.5. The predicted octanol–water partition coefficient (Wildman–Crippen LogP) is 15.7. The van der Waals surface area contributed by atoms with Gasteiger partial charge in [0.25, 0.3) is 0 Å². The molecule has 2 heterocycles. The largest absolute Gasteiger partial charge is 1.00 e. The van der Waals surface area contributed by atoms with Gasteiger partial charge in [-0.15, -0.1) is 0 Å². The number of hydrogen-bond acceptors (Lipinski definition) is 6. The monoisotopic (exact) mass is 883 g/mol. The summed E-state index contributed by atoms with van der Waals surface area (Å²) in [6.45, 7) is -0.785. The Hall–Kier alpha value is -8.81. The van der Waals surface area contributed by atoms with Crippen LogP contribution in [0.1, 0.15) is 25.5 Å². The van der Waals surface area contributed by atoms with Gasteiger partial charge in [0.15, 0.2) is 0 Å². The fraction of sp³-hybridized carbons (Fsp3) is 0.0328. The van der Waals surface area contributed by atoms with Gasteiger partial charge < -0.3 is 23.7 Å². The molecule has 0 amide bonds. The minimum absolute atomic E-state index is 0. The molecule has 0 saturated heterocycles.